The number of anilines is 2. The molecule has 1 aliphatic carbocycles. The van der Waals surface area contributed by atoms with Crippen LogP contribution in [0.5, 0.6) is 0 Å². The molecular weight excluding hydrogens is 469 g/mol. The monoisotopic (exact) mass is 499 g/mol. The summed E-state index contributed by atoms with van der Waals surface area (Å²) in [6.45, 7) is 4.22. The van der Waals surface area contributed by atoms with Crippen LogP contribution in [0.2, 0.25) is 0 Å². The van der Waals surface area contributed by atoms with Crippen molar-refractivity contribution in [2.24, 2.45) is 5.73 Å². The highest BCUT2D eigenvalue weighted by Gasteiger charge is 2.46. The second-order valence-electron chi connectivity index (χ2n) is 9.52. The Morgan fingerprint density at radius 1 is 1.34 bits per heavy atom. The van der Waals surface area contributed by atoms with Crippen molar-refractivity contribution in [3.05, 3.63) is 39.8 Å². The van der Waals surface area contributed by atoms with Crippen LogP contribution in [0, 0.1) is 13.8 Å². The molecule has 3 aromatic rings. The Bertz CT molecular complexity index is 1300. The van der Waals surface area contributed by atoms with Crippen molar-refractivity contribution >= 4 is 39.0 Å². The first-order valence-corrected chi connectivity index (χ1v) is 12.5. The van der Waals surface area contributed by atoms with E-state index in [1.165, 1.54) is 18.4 Å². The van der Waals surface area contributed by atoms with E-state index in [1.807, 2.05) is 30.9 Å². The average Bonchev–Trinajstić information content (AvgIpc) is 3.29. The molecule has 1 fully saturated rings. The number of hydrogen-bond donors (Lipinski definition) is 3. The van der Waals surface area contributed by atoms with E-state index < -0.39 is 11.7 Å². The molecule has 35 heavy (non-hydrogen) atoms. The molecule has 0 saturated carbocycles. The number of rotatable bonds is 5. The Morgan fingerprint density at radius 2 is 2.14 bits per heavy atom. The molecule has 0 spiro atoms. The van der Waals surface area contributed by atoms with Crippen molar-refractivity contribution in [3.63, 3.8) is 0 Å². The number of thiophene rings is 1. The van der Waals surface area contributed by atoms with Crippen LogP contribution in [-0.4, -0.2) is 65.4 Å². The van der Waals surface area contributed by atoms with Crippen molar-refractivity contribution in [1.82, 2.24) is 20.3 Å². The fourth-order valence-corrected chi connectivity index (χ4v) is 6.21. The minimum atomic E-state index is -1.58. The molecule has 1 amide bonds. The molecule has 1 aliphatic heterocycles. The molecule has 9 nitrogen and oxygen atoms in total. The van der Waals surface area contributed by atoms with Gasteiger partial charge in [0.25, 0.3) is 5.91 Å². The van der Waals surface area contributed by atoms with Crippen LogP contribution in [-0.2, 0) is 17.6 Å². The number of amides is 1. The van der Waals surface area contributed by atoms with Crippen molar-refractivity contribution < 1.29 is 13.9 Å². The number of carbonyl (C=O) groups is 1. The van der Waals surface area contributed by atoms with Gasteiger partial charge in [-0.05, 0) is 44.7 Å². The lowest BCUT2D eigenvalue weighted by Gasteiger charge is -2.27. The number of ether oxygens (including phenoxy) is 1. The Hall–Kier alpha value is -2.89. The number of hydrogen-bond acceptors (Lipinski definition) is 9. The van der Waals surface area contributed by atoms with E-state index >= 15 is 4.39 Å². The smallest absolute Gasteiger partial charge is 0.263 e. The summed E-state index contributed by atoms with van der Waals surface area (Å²) in [5.74, 6) is 1.19. The molecule has 0 radical (unpaired) electrons. The van der Waals surface area contributed by atoms with Crippen LogP contribution in [0.15, 0.2) is 12.1 Å². The van der Waals surface area contributed by atoms with E-state index in [4.69, 9.17) is 21.2 Å². The number of fused-ring (bicyclic) bond motifs is 2. The number of aryl methyl sites for hydroxylation is 3. The summed E-state index contributed by atoms with van der Waals surface area (Å²) in [5, 5.41) is 3.89. The second-order valence-corrected chi connectivity index (χ2v) is 10.5. The lowest BCUT2D eigenvalue weighted by molar-refractivity contribution is 0.0461. The first-order valence-electron chi connectivity index (χ1n) is 11.7. The first kappa shape index (κ1) is 23.8. The Labute approximate surface area is 207 Å². The molecule has 186 valence electrons. The van der Waals surface area contributed by atoms with Gasteiger partial charge in [0.15, 0.2) is 5.67 Å². The number of halogens is 1. The standard InChI is InChI=1S/C24H30FN7O2S/c1-12-19-20(27)21(35-23(19)29-13(2)28-12)22(33)30-15-5-6-16-14(8-15)4-7-18(31-16)32-9-17(26)24(25,10-32)11-34-3/h4,7,15,17H,5-6,8-11,26-27H2,1-3H3,(H,30,33). The highest BCUT2D eigenvalue weighted by molar-refractivity contribution is 7.21. The average molecular weight is 500 g/mol. The topological polar surface area (TPSA) is 132 Å². The van der Waals surface area contributed by atoms with Gasteiger partial charge in [-0.25, -0.2) is 19.3 Å². The molecule has 3 aromatic heterocycles. The number of pyridine rings is 1. The molecule has 5 rings (SSSR count). The number of nitrogens with zero attached hydrogens (tertiary/aromatic N) is 4. The minimum Gasteiger partial charge on any atom is -0.397 e. The number of nitrogens with one attached hydrogen (secondary N) is 1. The third-order valence-electron chi connectivity index (χ3n) is 6.92. The molecule has 5 N–H and O–H groups in total. The van der Waals surface area contributed by atoms with Gasteiger partial charge in [0.2, 0.25) is 0 Å². The molecular formula is C24H30FN7O2S. The maximum atomic E-state index is 15.1. The van der Waals surface area contributed by atoms with Gasteiger partial charge in [-0.3, -0.25) is 4.79 Å². The maximum absolute atomic E-state index is 15.1. The van der Waals surface area contributed by atoms with E-state index in [1.54, 1.807) is 0 Å². The van der Waals surface area contributed by atoms with Gasteiger partial charge < -0.3 is 26.4 Å². The van der Waals surface area contributed by atoms with Gasteiger partial charge in [-0.1, -0.05) is 6.07 Å². The lowest BCUT2D eigenvalue weighted by Crippen LogP contribution is -2.46. The molecule has 0 bridgehead atoms. The Morgan fingerprint density at radius 3 is 2.91 bits per heavy atom. The lowest BCUT2D eigenvalue weighted by atomic mass is 9.91. The zero-order valence-electron chi connectivity index (χ0n) is 20.1. The van der Waals surface area contributed by atoms with Crippen molar-refractivity contribution in [2.45, 2.75) is 50.9 Å². The molecule has 2 aliphatic rings. The largest absolute Gasteiger partial charge is 0.397 e. The minimum absolute atomic E-state index is 0.0263. The van der Waals surface area contributed by atoms with Gasteiger partial charge in [0, 0.05) is 25.4 Å². The summed E-state index contributed by atoms with van der Waals surface area (Å²) in [5.41, 5.74) is 14.0. The normalized spacial score (nSPS) is 24.1. The highest BCUT2D eigenvalue weighted by atomic mass is 32.1. The third kappa shape index (κ3) is 4.32. The molecule has 1 saturated heterocycles. The van der Waals surface area contributed by atoms with Gasteiger partial charge in [-0.15, -0.1) is 11.3 Å². The first-order chi connectivity index (χ1) is 16.7. The summed E-state index contributed by atoms with van der Waals surface area (Å²) in [6, 6.07) is 3.27. The number of aromatic nitrogens is 3. The Kier molecular flexibility index (Phi) is 6.10. The zero-order chi connectivity index (χ0) is 24.9. The van der Waals surface area contributed by atoms with Crippen LogP contribution in [0.4, 0.5) is 15.9 Å². The van der Waals surface area contributed by atoms with Gasteiger partial charge in [0.05, 0.1) is 36.0 Å². The summed E-state index contributed by atoms with van der Waals surface area (Å²) >= 11 is 1.30. The molecule has 3 atom stereocenters. The van der Waals surface area contributed by atoms with Crippen LogP contribution < -0.4 is 21.7 Å². The number of nitrogen functional groups attached to an aromatic ring is 1. The third-order valence-corrected chi connectivity index (χ3v) is 8.01. The Balaban J connectivity index is 1.28. The van der Waals surface area contributed by atoms with Crippen molar-refractivity contribution in [1.29, 1.82) is 0 Å². The van der Waals surface area contributed by atoms with Gasteiger partial charge in [0.1, 0.15) is 21.3 Å². The highest BCUT2D eigenvalue weighted by Crippen LogP contribution is 2.35. The summed E-state index contributed by atoms with van der Waals surface area (Å²) in [7, 11) is 1.48. The van der Waals surface area contributed by atoms with Gasteiger partial charge >= 0.3 is 0 Å². The maximum Gasteiger partial charge on any atom is 0.263 e. The van der Waals surface area contributed by atoms with E-state index in [0.717, 1.165) is 45.8 Å². The SMILES string of the molecule is COCC1(F)CN(c2ccc3c(n2)CCC(NC(=O)c2sc4nc(C)nc(C)c4c2N)C3)CC1N. The zero-order valence-corrected chi connectivity index (χ0v) is 20.9. The van der Waals surface area contributed by atoms with Crippen LogP contribution in [0.3, 0.4) is 0 Å². The predicted molar refractivity (Wildman–Crippen MR) is 135 cm³/mol. The number of carbonyl (C=O) groups excluding carboxylic acids is 1. The van der Waals surface area contributed by atoms with Crippen LogP contribution in [0.1, 0.15) is 38.9 Å². The fraction of sp³-hybridized carbons (Fsp3) is 0.500. The summed E-state index contributed by atoms with van der Waals surface area (Å²) in [4.78, 5) is 29.8. The molecule has 3 unspecified atom stereocenters. The van der Waals surface area contributed by atoms with E-state index in [2.05, 4.69) is 15.3 Å². The van der Waals surface area contributed by atoms with Crippen LogP contribution >= 0.6 is 11.3 Å². The summed E-state index contributed by atoms with van der Waals surface area (Å²) < 4.78 is 20.1. The van der Waals surface area contributed by atoms with Crippen LogP contribution in [0.25, 0.3) is 10.2 Å². The fourth-order valence-electron chi connectivity index (χ4n) is 5.12. The van der Waals surface area contributed by atoms with Crippen molar-refractivity contribution in [3.8, 4) is 0 Å². The molecule has 11 heteroatoms. The molecule has 4 heterocycles. The predicted octanol–water partition coefficient (Wildman–Crippen LogP) is 2.07. The van der Waals surface area contributed by atoms with E-state index in [-0.39, 0.29) is 25.1 Å². The van der Waals surface area contributed by atoms with E-state index in [0.29, 0.717) is 29.4 Å². The van der Waals surface area contributed by atoms with Gasteiger partial charge in [-0.2, -0.15) is 0 Å². The van der Waals surface area contributed by atoms with E-state index in [9.17, 15) is 4.79 Å². The number of alkyl halides is 1. The second kappa shape index (κ2) is 8.96. The molecule has 0 aromatic carbocycles. The van der Waals surface area contributed by atoms with Crippen molar-refractivity contribution in [2.75, 3.05) is 37.4 Å². The number of methoxy groups -OCH3 is 1. The quantitative estimate of drug-likeness (QED) is 0.486. The summed E-state index contributed by atoms with van der Waals surface area (Å²) in [6.07, 6.45) is 2.15. The number of nitrogens with two attached hydrogens (primary N) is 2.